The molecule has 0 radical (unpaired) electrons. The van der Waals surface area contributed by atoms with Gasteiger partial charge in [-0.15, -0.1) is 0 Å². The lowest BCUT2D eigenvalue weighted by atomic mass is 10.1. The second-order valence-corrected chi connectivity index (χ2v) is 5.86. The Morgan fingerprint density at radius 2 is 2.12 bits per heavy atom. The molecule has 2 rings (SSSR count). The van der Waals surface area contributed by atoms with Crippen molar-refractivity contribution in [2.75, 3.05) is 12.0 Å². The monoisotopic (exact) mass is 255 g/mol. The number of aromatic nitrogens is 1. The van der Waals surface area contributed by atoms with E-state index < -0.39 is 27.1 Å². The number of oxazole rings is 1. The fraction of sp³-hybridized carbons (Fsp3) is 0.200. The smallest absolute Gasteiger partial charge is 0.408 e. The van der Waals surface area contributed by atoms with Gasteiger partial charge in [0.05, 0.1) is 5.52 Å². The molecule has 1 N–H and O–H groups in total. The van der Waals surface area contributed by atoms with Gasteiger partial charge in [-0.05, 0) is 18.2 Å². The van der Waals surface area contributed by atoms with Gasteiger partial charge in [0.2, 0.25) is 0 Å². The maximum atomic E-state index is 11.6. The number of hydrogen-bond acceptors (Lipinski definition) is 5. The van der Waals surface area contributed by atoms with E-state index in [9.17, 15) is 18.0 Å². The van der Waals surface area contributed by atoms with Crippen molar-refractivity contribution in [1.82, 2.24) is 4.98 Å². The van der Waals surface area contributed by atoms with Crippen molar-refractivity contribution in [3.8, 4) is 0 Å². The Hall–Kier alpha value is -1.89. The lowest BCUT2D eigenvalue weighted by Gasteiger charge is -1.98. The second-order valence-electron chi connectivity index (χ2n) is 3.72. The summed E-state index contributed by atoms with van der Waals surface area (Å²) < 4.78 is 26.7. The summed E-state index contributed by atoms with van der Waals surface area (Å²) in [6.07, 6.45) is 0.986. The Bertz CT molecular complexity index is 737. The molecule has 0 amide bonds. The fourth-order valence-electron chi connectivity index (χ4n) is 1.44. The van der Waals surface area contributed by atoms with E-state index >= 15 is 0 Å². The Balaban J connectivity index is 2.42. The number of ketones is 1. The number of carbonyl (C=O) groups excluding carboxylic acids is 1. The van der Waals surface area contributed by atoms with Crippen LogP contribution in [0, 0.1) is 0 Å². The minimum Gasteiger partial charge on any atom is -0.408 e. The van der Waals surface area contributed by atoms with Crippen molar-refractivity contribution in [3.05, 3.63) is 34.3 Å². The number of H-pyrrole nitrogens is 1. The third kappa shape index (κ3) is 2.62. The molecule has 0 saturated carbocycles. The maximum Gasteiger partial charge on any atom is 0.417 e. The van der Waals surface area contributed by atoms with Gasteiger partial charge >= 0.3 is 5.76 Å². The minimum absolute atomic E-state index is 0.200. The van der Waals surface area contributed by atoms with Gasteiger partial charge in [-0.3, -0.25) is 9.78 Å². The summed E-state index contributed by atoms with van der Waals surface area (Å²) in [5.74, 6) is -1.71. The average molecular weight is 255 g/mol. The van der Waals surface area contributed by atoms with Crippen molar-refractivity contribution in [1.29, 1.82) is 0 Å². The molecule has 0 atom stereocenters. The molecule has 0 saturated heterocycles. The molecule has 0 spiro atoms. The first-order chi connectivity index (χ1) is 7.85. The second kappa shape index (κ2) is 3.85. The van der Waals surface area contributed by atoms with E-state index in [4.69, 9.17) is 4.42 Å². The third-order valence-corrected chi connectivity index (χ3v) is 2.92. The van der Waals surface area contributed by atoms with E-state index in [0.717, 1.165) is 6.26 Å². The van der Waals surface area contributed by atoms with Gasteiger partial charge in [-0.2, -0.15) is 0 Å². The van der Waals surface area contributed by atoms with Crippen LogP contribution in [0.4, 0.5) is 0 Å². The topological polar surface area (TPSA) is 97.2 Å². The third-order valence-electron chi connectivity index (χ3n) is 2.14. The predicted molar refractivity (Wildman–Crippen MR) is 60.9 cm³/mol. The summed E-state index contributed by atoms with van der Waals surface area (Å²) in [6, 6.07) is 4.29. The van der Waals surface area contributed by atoms with Crippen LogP contribution in [-0.4, -0.2) is 31.2 Å². The van der Waals surface area contributed by atoms with Gasteiger partial charge in [0, 0.05) is 11.8 Å². The van der Waals surface area contributed by atoms with E-state index in [1.54, 1.807) is 0 Å². The SMILES string of the molecule is CS(=O)(=O)CC(=O)c1ccc2[nH]c(=O)oc2c1. The van der Waals surface area contributed by atoms with Crippen LogP contribution >= 0.6 is 0 Å². The summed E-state index contributed by atoms with van der Waals surface area (Å²) in [6.45, 7) is 0. The molecule has 1 aromatic heterocycles. The number of rotatable bonds is 3. The normalized spacial score (nSPS) is 11.8. The lowest BCUT2D eigenvalue weighted by Crippen LogP contribution is -2.14. The summed E-state index contributed by atoms with van der Waals surface area (Å²) in [4.78, 5) is 24.9. The molecule has 0 bridgehead atoms. The van der Waals surface area contributed by atoms with E-state index in [1.807, 2.05) is 0 Å². The lowest BCUT2D eigenvalue weighted by molar-refractivity contribution is 0.102. The molecule has 0 aliphatic carbocycles. The molecule has 1 aromatic carbocycles. The standard InChI is InChI=1S/C10H9NO5S/c1-17(14,15)5-8(12)6-2-3-7-9(4-6)16-10(13)11-7/h2-4H,5H2,1H3,(H,11,13). The molecule has 0 aliphatic heterocycles. The summed E-state index contributed by atoms with van der Waals surface area (Å²) in [5, 5.41) is 0. The van der Waals surface area contributed by atoms with Crippen molar-refractivity contribution >= 4 is 26.7 Å². The quantitative estimate of drug-likeness (QED) is 0.798. The summed E-state index contributed by atoms with van der Waals surface area (Å²) in [5.41, 5.74) is 0.894. The number of benzene rings is 1. The van der Waals surface area contributed by atoms with Crippen LogP contribution in [0.1, 0.15) is 10.4 Å². The number of aromatic amines is 1. The number of Topliss-reactive ketones (excluding diaryl/α,β-unsaturated/α-hetero) is 1. The zero-order valence-electron chi connectivity index (χ0n) is 8.89. The Labute approximate surface area is 96.2 Å². The van der Waals surface area contributed by atoms with E-state index in [-0.39, 0.29) is 11.1 Å². The fourth-order valence-corrected chi connectivity index (χ4v) is 2.08. The van der Waals surface area contributed by atoms with Crippen LogP contribution in [0.2, 0.25) is 0 Å². The van der Waals surface area contributed by atoms with E-state index in [1.165, 1.54) is 18.2 Å². The number of carbonyl (C=O) groups is 1. The van der Waals surface area contributed by atoms with Crippen molar-refractivity contribution in [3.63, 3.8) is 0 Å². The molecule has 1 heterocycles. The first-order valence-electron chi connectivity index (χ1n) is 4.69. The number of hydrogen-bond donors (Lipinski definition) is 1. The molecule has 2 aromatic rings. The molecule has 90 valence electrons. The first-order valence-corrected chi connectivity index (χ1v) is 6.75. The van der Waals surface area contributed by atoms with Crippen LogP contribution in [0.3, 0.4) is 0 Å². The molecular weight excluding hydrogens is 246 g/mol. The number of fused-ring (bicyclic) bond motifs is 1. The summed E-state index contributed by atoms with van der Waals surface area (Å²) >= 11 is 0. The highest BCUT2D eigenvalue weighted by atomic mass is 32.2. The van der Waals surface area contributed by atoms with E-state index in [2.05, 4.69) is 4.98 Å². The molecule has 0 fully saturated rings. The van der Waals surface area contributed by atoms with Crippen LogP contribution in [0.5, 0.6) is 0 Å². The molecule has 17 heavy (non-hydrogen) atoms. The van der Waals surface area contributed by atoms with Gasteiger partial charge in [0.15, 0.2) is 21.2 Å². The average Bonchev–Trinajstić information content (AvgIpc) is 2.53. The Kier molecular flexibility index (Phi) is 2.62. The number of sulfone groups is 1. The zero-order valence-corrected chi connectivity index (χ0v) is 9.71. The van der Waals surface area contributed by atoms with E-state index in [0.29, 0.717) is 5.52 Å². The van der Waals surface area contributed by atoms with Gasteiger partial charge in [-0.25, -0.2) is 13.2 Å². The maximum absolute atomic E-state index is 11.6. The largest absolute Gasteiger partial charge is 0.417 e. The number of nitrogens with one attached hydrogen (secondary N) is 1. The molecular formula is C10H9NO5S. The predicted octanol–water partition coefficient (Wildman–Crippen LogP) is 0.348. The molecule has 6 nitrogen and oxygen atoms in total. The van der Waals surface area contributed by atoms with Gasteiger partial charge in [0.25, 0.3) is 0 Å². The zero-order chi connectivity index (χ0) is 12.6. The highest BCUT2D eigenvalue weighted by molar-refractivity contribution is 7.91. The minimum atomic E-state index is -3.37. The Morgan fingerprint density at radius 1 is 1.41 bits per heavy atom. The first kappa shape index (κ1) is 11.6. The van der Waals surface area contributed by atoms with Gasteiger partial charge < -0.3 is 4.42 Å². The Morgan fingerprint density at radius 3 is 2.76 bits per heavy atom. The molecule has 0 aliphatic rings. The van der Waals surface area contributed by atoms with Crippen LogP contribution in [0.15, 0.2) is 27.4 Å². The van der Waals surface area contributed by atoms with Crippen LogP contribution in [-0.2, 0) is 9.84 Å². The van der Waals surface area contributed by atoms with Crippen molar-refractivity contribution < 1.29 is 17.6 Å². The molecule has 7 heteroatoms. The highest BCUT2D eigenvalue weighted by Crippen LogP contribution is 2.13. The van der Waals surface area contributed by atoms with Crippen molar-refractivity contribution in [2.24, 2.45) is 0 Å². The van der Waals surface area contributed by atoms with Crippen LogP contribution < -0.4 is 5.76 Å². The highest BCUT2D eigenvalue weighted by Gasteiger charge is 2.14. The molecule has 0 unspecified atom stereocenters. The van der Waals surface area contributed by atoms with Crippen LogP contribution in [0.25, 0.3) is 11.1 Å². The van der Waals surface area contributed by atoms with Crippen molar-refractivity contribution in [2.45, 2.75) is 0 Å². The van der Waals surface area contributed by atoms with Gasteiger partial charge in [0.1, 0.15) is 5.75 Å². The van der Waals surface area contributed by atoms with Gasteiger partial charge in [-0.1, -0.05) is 0 Å². The summed E-state index contributed by atoms with van der Waals surface area (Å²) in [7, 11) is -3.37.